The highest BCUT2D eigenvalue weighted by Gasteiger charge is 2.41. The number of ether oxygens (including phenoxy) is 2. The normalized spacial score (nSPS) is 27.0. The van der Waals surface area contributed by atoms with Crippen LogP contribution in [0.4, 0.5) is 4.79 Å². The number of amides is 1. The van der Waals surface area contributed by atoms with Gasteiger partial charge in [0.1, 0.15) is 5.60 Å². The predicted octanol–water partition coefficient (Wildman–Crippen LogP) is 3.61. The topological polar surface area (TPSA) is 55.8 Å². The van der Waals surface area contributed by atoms with E-state index in [1.165, 1.54) is 7.11 Å². The molecule has 0 aliphatic heterocycles. The van der Waals surface area contributed by atoms with Crippen LogP contribution < -0.4 is 0 Å². The molecule has 1 atom stereocenters. The highest BCUT2D eigenvalue weighted by Crippen LogP contribution is 2.43. The van der Waals surface area contributed by atoms with Crippen LogP contribution in [0.1, 0.15) is 60.3 Å². The van der Waals surface area contributed by atoms with E-state index in [1.807, 2.05) is 20.8 Å². The van der Waals surface area contributed by atoms with Crippen molar-refractivity contribution in [1.29, 1.82) is 0 Å². The lowest BCUT2D eigenvalue weighted by molar-refractivity contribution is -0.147. The highest BCUT2D eigenvalue weighted by molar-refractivity contribution is 5.72. The molecule has 0 aromatic carbocycles. The number of carbonyl (C=O) groups excluding carboxylic acids is 2. The van der Waals surface area contributed by atoms with E-state index in [1.54, 1.807) is 11.9 Å². The van der Waals surface area contributed by atoms with Crippen LogP contribution >= 0.6 is 0 Å². The molecule has 1 fully saturated rings. The fourth-order valence-electron chi connectivity index (χ4n) is 3.06. The van der Waals surface area contributed by atoms with Crippen LogP contribution in [-0.2, 0) is 14.3 Å². The second-order valence-electron chi connectivity index (χ2n) is 7.72. The van der Waals surface area contributed by atoms with Crippen LogP contribution in [0, 0.1) is 11.3 Å². The van der Waals surface area contributed by atoms with Gasteiger partial charge in [0.15, 0.2) is 0 Å². The number of nitrogens with zero attached hydrogens (tertiary/aromatic N) is 1. The molecule has 0 heterocycles. The summed E-state index contributed by atoms with van der Waals surface area (Å²) in [5, 5.41) is 0. The van der Waals surface area contributed by atoms with Crippen molar-refractivity contribution >= 4 is 12.1 Å². The van der Waals surface area contributed by atoms with Gasteiger partial charge < -0.3 is 14.4 Å². The zero-order chi connectivity index (χ0) is 17.1. The summed E-state index contributed by atoms with van der Waals surface area (Å²) in [4.78, 5) is 25.6. The largest absolute Gasteiger partial charge is 0.469 e. The van der Waals surface area contributed by atoms with E-state index < -0.39 is 5.60 Å². The maximum absolute atomic E-state index is 12.2. The summed E-state index contributed by atoms with van der Waals surface area (Å²) in [5.41, 5.74) is -0.495. The number of hydrogen-bond acceptors (Lipinski definition) is 4. The summed E-state index contributed by atoms with van der Waals surface area (Å²) in [7, 11) is 3.23. The molecule has 0 aromatic heterocycles. The molecule has 0 aromatic rings. The summed E-state index contributed by atoms with van der Waals surface area (Å²) < 4.78 is 10.3. The first-order chi connectivity index (χ1) is 10.00. The summed E-state index contributed by atoms with van der Waals surface area (Å²) in [6.45, 7) is 9.85. The van der Waals surface area contributed by atoms with Gasteiger partial charge in [0.25, 0.3) is 0 Å². The summed E-state index contributed by atoms with van der Waals surface area (Å²) in [6, 6.07) is 0.0564. The van der Waals surface area contributed by atoms with E-state index in [0.29, 0.717) is 0 Å². The lowest BCUT2D eigenvalue weighted by Crippen LogP contribution is -2.49. The molecule has 0 radical (unpaired) electrons. The smallest absolute Gasteiger partial charge is 0.410 e. The molecule has 1 saturated carbocycles. The van der Waals surface area contributed by atoms with E-state index in [2.05, 4.69) is 13.8 Å². The minimum absolute atomic E-state index is 0.00268. The van der Waals surface area contributed by atoms with Crippen LogP contribution in [0.15, 0.2) is 0 Å². The Kier molecular flexibility index (Phi) is 5.88. The van der Waals surface area contributed by atoms with Crippen LogP contribution in [-0.4, -0.2) is 42.8 Å². The van der Waals surface area contributed by atoms with E-state index >= 15 is 0 Å². The summed E-state index contributed by atoms with van der Waals surface area (Å²) in [6.07, 6.45) is 3.14. The fourth-order valence-corrected chi connectivity index (χ4v) is 3.06. The molecule has 0 bridgehead atoms. The molecule has 5 heteroatoms. The van der Waals surface area contributed by atoms with Gasteiger partial charge in [-0.3, -0.25) is 4.79 Å². The number of esters is 1. The Bertz CT molecular complexity index is 405. The van der Waals surface area contributed by atoms with Crippen molar-refractivity contribution in [3.05, 3.63) is 0 Å². The zero-order valence-corrected chi connectivity index (χ0v) is 15.1. The first-order valence-corrected chi connectivity index (χ1v) is 8.04. The Labute approximate surface area is 134 Å². The Morgan fingerprint density at radius 2 is 1.73 bits per heavy atom. The number of rotatable bonds is 3. The lowest BCUT2D eigenvalue weighted by atomic mass is 9.67. The highest BCUT2D eigenvalue weighted by atomic mass is 16.6. The lowest BCUT2D eigenvalue weighted by Gasteiger charge is -2.44. The molecule has 5 nitrogen and oxygen atoms in total. The molecule has 1 aliphatic rings. The Morgan fingerprint density at radius 1 is 1.23 bits per heavy atom. The van der Waals surface area contributed by atoms with Gasteiger partial charge in [-0.15, -0.1) is 0 Å². The van der Waals surface area contributed by atoms with E-state index in [-0.39, 0.29) is 29.4 Å². The third-order valence-corrected chi connectivity index (χ3v) is 4.93. The fraction of sp³-hybridized carbons (Fsp3) is 0.882. The Hall–Kier alpha value is -1.26. The molecule has 1 aliphatic carbocycles. The Balaban J connectivity index is 2.66. The molecule has 1 rings (SSSR count). The van der Waals surface area contributed by atoms with E-state index in [9.17, 15) is 9.59 Å². The van der Waals surface area contributed by atoms with Gasteiger partial charge in [-0.2, -0.15) is 0 Å². The molecule has 1 amide bonds. The number of hydrogen-bond donors (Lipinski definition) is 0. The van der Waals surface area contributed by atoms with Crippen molar-refractivity contribution in [2.75, 3.05) is 14.2 Å². The van der Waals surface area contributed by atoms with Crippen molar-refractivity contribution in [1.82, 2.24) is 4.90 Å². The van der Waals surface area contributed by atoms with Gasteiger partial charge in [-0.25, -0.2) is 4.79 Å². The third kappa shape index (κ3) is 4.62. The first-order valence-electron chi connectivity index (χ1n) is 8.04. The minimum atomic E-state index is -0.492. The van der Waals surface area contributed by atoms with Crippen LogP contribution in [0.3, 0.4) is 0 Å². The third-order valence-electron chi connectivity index (χ3n) is 4.93. The number of methoxy groups -OCH3 is 1. The summed E-state index contributed by atoms with van der Waals surface area (Å²) >= 11 is 0. The molecule has 22 heavy (non-hydrogen) atoms. The van der Waals surface area contributed by atoms with Crippen LogP contribution in [0.5, 0.6) is 0 Å². The van der Waals surface area contributed by atoms with Gasteiger partial charge in [-0.1, -0.05) is 6.92 Å². The van der Waals surface area contributed by atoms with Crippen molar-refractivity contribution in [2.45, 2.75) is 71.9 Å². The predicted molar refractivity (Wildman–Crippen MR) is 85.5 cm³/mol. The van der Waals surface area contributed by atoms with Gasteiger partial charge in [0.2, 0.25) is 0 Å². The van der Waals surface area contributed by atoms with Gasteiger partial charge in [0, 0.05) is 13.1 Å². The number of carbonyl (C=O) groups is 2. The van der Waals surface area contributed by atoms with Gasteiger partial charge in [-0.05, 0) is 58.8 Å². The molecule has 0 unspecified atom stereocenters. The zero-order valence-electron chi connectivity index (χ0n) is 15.1. The van der Waals surface area contributed by atoms with E-state index in [4.69, 9.17) is 9.47 Å². The SMILES string of the molecule is COC(=O)[C@H]1CC[C@](C)([C@@H](C)N(C)C(=O)OC(C)(C)C)CC1. The molecular formula is C17H31NO4. The second-order valence-corrected chi connectivity index (χ2v) is 7.72. The standard InChI is InChI=1S/C17H31NO4/c1-12(18(6)15(20)22-16(2,3)4)17(5)10-8-13(9-11-17)14(19)21-7/h12-13H,8-11H2,1-7H3/t12-,13-,17-/m1/s1. The minimum Gasteiger partial charge on any atom is -0.469 e. The summed E-state index contributed by atoms with van der Waals surface area (Å²) in [5.74, 6) is -0.118. The molecule has 0 spiro atoms. The molecule has 0 saturated heterocycles. The van der Waals surface area contributed by atoms with E-state index in [0.717, 1.165) is 25.7 Å². The van der Waals surface area contributed by atoms with Crippen molar-refractivity contribution in [3.63, 3.8) is 0 Å². The average Bonchev–Trinajstić information content (AvgIpc) is 2.43. The van der Waals surface area contributed by atoms with Crippen molar-refractivity contribution < 1.29 is 19.1 Å². The monoisotopic (exact) mass is 313 g/mol. The van der Waals surface area contributed by atoms with Crippen LogP contribution in [0.2, 0.25) is 0 Å². The average molecular weight is 313 g/mol. The molecule has 0 N–H and O–H groups in total. The van der Waals surface area contributed by atoms with Crippen LogP contribution in [0.25, 0.3) is 0 Å². The maximum atomic E-state index is 12.2. The van der Waals surface area contributed by atoms with Gasteiger partial charge >= 0.3 is 12.1 Å². The van der Waals surface area contributed by atoms with Gasteiger partial charge in [0.05, 0.1) is 13.0 Å². The molecule has 128 valence electrons. The maximum Gasteiger partial charge on any atom is 0.410 e. The molecular weight excluding hydrogens is 282 g/mol. The second kappa shape index (κ2) is 6.88. The van der Waals surface area contributed by atoms with Crippen molar-refractivity contribution in [2.24, 2.45) is 11.3 Å². The quantitative estimate of drug-likeness (QED) is 0.747. The first kappa shape index (κ1) is 18.8. The Morgan fingerprint density at radius 3 is 2.14 bits per heavy atom. The van der Waals surface area contributed by atoms with Crippen molar-refractivity contribution in [3.8, 4) is 0 Å².